The lowest BCUT2D eigenvalue weighted by atomic mass is 10.0. The monoisotopic (exact) mass is 479 g/mol. The molecule has 0 amide bonds. The molecule has 2 bridgehead atoms. The maximum atomic E-state index is 6.07. The number of piperazine rings is 1. The molecule has 10 heteroatoms. The molecule has 36 heavy (non-hydrogen) atoms. The number of aromatic nitrogens is 6. The molecule has 6 heterocycles. The maximum absolute atomic E-state index is 6.07. The van der Waals surface area contributed by atoms with Crippen molar-refractivity contribution >= 4 is 34.0 Å². The third kappa shape index (κ3) is 3.75. The highest BCUT2D eigenvalue weighted by atomic mass is 16.5. The van der Waals surface area contributed by atoms with Gasteiger partial charge in [-0.2, -0.15) is 5.10 Å². The molecule has 1 aromatic carbocycles. The SMILES string of the molecule is Cc1cc(Nc2ncnc3cc4c(nc23)N2CCNC(CO4)C2)ccc1Cc1ccn2ncnc2c1. The Morgan fingerprint density at radius 2 is 2.08 bits per heavy atom. The first-order valence-electron chi connectivity index (χ1n) is 12.1. The largest absolute Gasteiger partial charge is 0.488 e. The van der Waals surface area contributed by atoms with Crippen LogP contribution in [-0.4, -0.2) is 61.8 Å². The Morgan fingerprint density at radius 3 is 3.03 bits per heavy atom. The average molecular weight is 480 g/mol. The van der Waals surface area contributed by atoms with E-state index in [0.717, 1.165) is 60.0 Å². The summed E-state index contributed by atoms with van der Waals surface area (Å²) in [5, 5.41) is 11.1. The molecule has 1 fully saturated rings. The van der Waals surface area contributed by atoms with Crippen molar-refractivity contribution in [3.63, 3.8) is 0 Å². The number of nitrogens with zero attached hydrogens (tertiary/aromatic N) is 7. The molecule has 180 valence electrons. The highest BCUT2D eigenvalue weighted by Crippen LogP contribution is 2.34. The molecule has 2 aliphatic heterocycles. The molecule has 2 N–H and O–H groups in total. The number of nitrogens with one attached hydrogen (secondary N) is 2. The molecule has 5 aromatic rings. The number of pyridine rings is 2. The number of aryl methyl sites for hydroxylation is 1. The summed E-state index contributed by atoms with van der Waals surface area (Å²) in [5.41, 5.74) is 6.95. The van der Waals surface area contributed by atoms with Crippen molar-refractivity contribution in [2.75, 3.05) is 36.5 Å². The maximum Gasteiger partial charge on any atom is 0.172 e. The Labute approximate surface area is 207 Å². The summed E-state index contributed by atoms with van der Waals surface area (Å²) >= 11 is 0. The minimum Gasteiger partial charge on any atom is -0.488 e. The second-order valence-electron chi connectivity index (χ2n) is 9.35. The zero-order valence-electron chi connectivity index (χ0n) is 19.8. The van der Waals surface area contributed by atoms with Gasteiger partial charge in [0.15, 0.2) is 23.0 Å². The normalized spacial score (nSPS) is 17.0. The summed E-state index contributed by atoms with van der Waals surface area (Å²) in [7, 11) is 0. The van der Waals surface area contributed by atoms with Gasteiger partial charge in [0.1, 0.15) is 24.8 Å². The van der Waals surface area contributed by atoms with Crippen molar-refractivity contribution in [2.45, 2.75) is 19.4 Å². The van der Waals surface area contributed by atoms with Gasteiger partial charge in [0.05, 0.1) is 11.6 Å². The Hall–Kier alpha value is -4.31. The van der Waals surface area contributed by atoms with Crippen LogP contribution < -0.4 is 20.3 Å². The summed E-state index contributed by atoms with van der Waals surface area (Å²) in [5.74, 6) is 2.33. The molecule has 4 aromatic heterocycles. The molecule has 10 nitrogen and oxygen atoms in total. The van der Waals surface area contributed by atoms with Crippen LogP contribution in [0.5, 0.6) is 5.75 Å². The fourth-order valence-corrected chi connectivity index (χ4v) is 5.00. The van der Waals surface area contributed by atoms with Crippen LogP contribution in [0.15, 0.2) is 55.2 Å². The first-order valence-corrected chi connectivity index (χ1v) is 12.1. The third-order valence-corrected chi connectivity index (χ3v) is 6.90. The van der Waals surface area contributed by atoms with Crippen LogP contribution in [0.2, 0.25) is 0 Å². The summed E-state index contributed by atoms with van der Waals surface area (Å²) in [6.07, 6.45) is 5.91. The number of rotatable bonds is 4. The number of hydrogen-bond donors (Lipinski definition) is 2. The van der Waals surface area contributed by atoms with Crippen molar-refractivity contribution in [2.24, 2.45) is 0 Å². The first kappa shape index (κ1) is 21.0. The number of anilines is 3. The molecular weight excluding hydrogens is 454 g/mol. The van der Waals surface area contributed by atoms with Crippen LogP contribution in [0.25, 0.3) is 16.7 Å². The zero-order valence-corrected chi connectivity index (χ0v) is 19.8. The van der Waals surface area contributed by atoms with E-state index in [2.05, 4.69) is 72.8 Å². The van der Waals surface area contributed by atoms with Crippen molar-refractivity contribution in [3.05, 3.63) is 71.9 Å². The second-order valence-corrected chi connectivity index (χ2v) is 9.35. The number of benzene rings is 1. The van der Waals surface area contributed by atoms with Crippen LogP contribution in [0, 0.1) is 6.92 Å². The van der Waals surface area contributed by atoms with E-state index in [9.17, 15) is 0 Å². The van der Waals surface area contributed by atoms with Gasteiger partial charge in [-0.15, -0.1) is 0 Å². The number of ether oxygens (including phenoxy) is 1. The van der Waals surface area contributed by atoms with Crippen LogP contribution in [0.3, 0.4) is 0 Å². The molecule has 0 radical (unpaired) electrons. The first-order chi connectivity index (χ1) is 17.7. The lowest BCUT2D eigenvalue weighted by Crippen LogP contribution is -2.51. The van der Waals surface area contributed by atoms with E-state index in [1.807, 2.05) is 12.3 Å². The molecule has 1 unspecified atom stereocenters. The van der Waals surface area contributed by atoms with Gasteiger partial charge in [0, 0.05) is 37.6 Å². The van der Waals surface area contributed by atoms with Crippen LogP contribution in [-0.2, 0) is 6.42 Å². The van der Waals surface area contributed by atoms with Crippen molar-refractivity contribution in [1.82, 2.24) is 34.9 Å². The van der Waals surface area contributed by atoms with Crippen molar-refractivity contribution in [3.8, 4) is 5.75 Å². The van der Waals surface area contributed by atoms with E-state index >= 15 is 0 Å². The molecule has 1 atom stereocenters. The summed E-state index contributed by atoms with van der Waals surface area (Å²) < 4.78 is 7.84. The number of fused-ring (bicyclic) bond motifs is 6. The standard InChI is InChI=1S/C26H25N9O/c1-16-8-19(3-2-18(16)9-17-4-6-35-23(10-17)29-15-31-35)32-25-24-21(28-14-30-25)11-22-26(33-24)34-7-5-27-20(12-34)13-36-22/h2-4,6,8,10-11,14-15,20,27H,5,7,9,12-13H2,1H3,(H,28,30,32). The highest BCUT2D eigenvalue weighted by Gasteiger charge is 2.28. The summed E-state index contributed by atoms with van der Waals surface area (Å²) in [6, 6.07) is 12.8. The van der Waals surface area contributed by atoms with Gasteiger partial charge in [-0.3, -0.25) is 0 Å². The topological polar surface area (TPSA) is 105 Å². The van der Waals surface area contributed by atoms with Gasteiger partial charge in [0.2, 0.25) is 0 Å². The van der Waals surface area contributed by atoms with Crippen molar-refractivity contribution in [1.29, 1.82) is 0 Å². The molecule has 2 aliphatic rings. The Morgan fingerprint density at radius 1 is 1.11 bits per heavy atom. The smallest absolute Gasteiger partial charge is 0.172 e. The molecule has 0 saturated carbocycles. The fourth-order valence-electron chi connectivity index (χ4n) is 5.00. The van der Waals surface area contributed by atoms with Gasteiger partial charge in [-0.25, -0.2) is 24.5 Å². The second kappa shape index (κ2) is 8.42. The van der Waals surface area contributed by atoms with Gasteiger partial charge in [0.25, 0.3) is 0 Å². The van der Waals surface area contributed by atoms with E-state index in [-0.39, 0.29) is 0 Å². The fraction of sp³-hybridized carbons (Fsp3) is 0.269. The van der Waals surface area contributed by atoms with E-state index in [1.54, 1.807) is 17.2 Å². The molecule has 1 saturated heterocycles. The Bertz CT molecular complexity index is 1600. The predicted molar refractivity (Wildman–Crippen MR) is 137 cm³/mol. The zero-order chi connectivity index (χ0) is 24.1. The predicted octanol–water partition coefficient (Wildman–Crippen LogP) is 2.88. The minimum atomic E-state index is 0.305. The van der Waals surface area contributed by atoms with Crippen molar-refractivity contribution < 1.29 is 4.74 Å². The van der Waals surface area contributed by atoms with Crippen LogP contribution in [0.4, 0.5) is 17.3 Å². The lowest BCUT2D eigenvalue weighted by Gasteiger charge is -2.31. The number of hydrogen-bond acceptors (Lipinski definition) is 9. The Balaban J connectivity index is 1.18. The lowest BCUT2D eigenvalue weighted by molar-refractivity contribution is 0.271. The molecule has 0 spiro atoms. The molecule has 0 aliphatic carbocycles. The van der Waals surface area contributed by atoms with Gasteiger partial charge < -0.3 is 20.3 Å². The Kier molecular flexibility index (Phi) is 4.91. The quantitative estimate of drug-likeness (QED) is 0.402. The van der Waals surface area contributed by atoms with Gasteiger partial charge in [-0.1, -0.05) is 6.07 Å². The molecular formula is C26H25N9O. The summed E-state index contributed by atoms with van der Waals surface area (Å²) in [4.78, 5) is 20.5. The van der Waals surface area contributed by atoms with Gasteiger partial charge in [-0.05, 0) is 54.3 Å². The van der Waals surface area contributed by atoms with E-state index < -0.39 is 0 Å². The van der Waals surface area contributed by atoms with E-state index in [0.29, 0.717) is 18.5 Å². The van der Waals surface area contributed by atoms with Crippen LogP contribution >= 0.6 is 0 Å². The minimum absolute atomic E-state index is 0.305. The molecule has 7 rings (SSSR count). The average Bonchev–Trinajstić information content (AvgIpc) is 3.33. The van der Waals surface area contributed by atoms with E-state index in [4.69, 9.17) is 9.72 Å². The third-order valence-electron chi connectivity index (χ3n) is 6.90. The van der Waals surface area contributed by atoms with Gasteiger partial charge >= 0.3 is 0 Å². The summed E-state index contributed by atoms with van der Waals surface area (Å²) in [6.45, 7) is 5.46. The van der Waals surface area contributed by atoms with E-state index in [1.165, 1.54) is 16.7 Å². The van der Waals surface area contributed by atoms with Crippen LogP contribution in [0.1, 0.15) is 16.7 Å². The highest BCUT2D eigenvalue weighted by molar-refractivity contribution is 5.90.